The maximum atomic E-state index is 11.7. The van der Waals surface area contributed by atoms with Gasteiger partial charge in [0.15, 0.2) is 12.1 Å². The Kier molecular flexibility index (Phi) is 4.09. The van der Waals surface area contributed by atoms with Crippen molar-refractivity contribution in [3.63, 3.8) is 0 Å². The Morgan fingerprint density at radius 2 is 2.32 bits per heavy atom. The van der Waals surface area contributed by atoms with Crippen LogP contribution in [0.1, 0.15) is 17.4 Å². The van der Waals surface area contributed by atoms with Crippen LogP contribution < -0.4 is 10.6 Å². The number of amides is 1. The molecule has 1 amide bonds. The third-order valence-corrected chi connectivity index (χ3v) is 2.35. The van der Waals surface area contributed by atoms with E-state index in [2.05, 4.69) is 20.6 Å². The van der Waals surface area contributed by atoms with Gasteiger partial charge >= 0.3 is 0 Å². The van der Waals surface area contributed by atoms with Gasteiger partial charge in [-0.25, -0.2) is 9.97 Å². The van der Waals surface area contributed by atoms with E-state index in [0.717, 1.165) is 0 Å². The summed E-state index contributed by atoms with van der Waals surface area (Å²) >= 11 is 0. The molecule has 0 aliphatic carbocycles. The quantitative estimate of drug-likeness (QED) is 0.746. The molecule has 0 aliphatic heterocycles. The molecule has 0 saturated heterocycles. The van der Waals surface area contributed by atoms with Crippen molar-refractivity contribution in [1.29, 1.82) is 0 Å². The van der Waals surface area contributed by atoms with Crippen molar-refractivity contribution in [2.24, 2.45) is 0 Å². The molecule has 0 aromatic carbocycles. The molecule has 0 bridgehead atoms. The van der Waals surface area contributed by atoms with Crippen LogP contribution in [0.2, 0.25) is 0 Å². The Balaban J connectivity index is 1.97. The van der Waals surface area contributed by atoms with Crippen LogP contribution in [0.5, 0.6) is 0 Å². The molecule has 0 aliphatic rings. The van der Waals surface area contributed by atoms with Gasteiger partial charge in [-0.2, -0.15) is 0 Å². The number of aliphatic hydroxyl groups excluding tert-OH is 1. The highest BCUT2D eigenvalue weighted by Gasteiger charge is 2.09. The zero-order chi connectivity index (χ0) is 13.7. The zero-order valence-corrected chi connectivity index (χ0v) is 10.3. The van der Waals surface area contributed by atoms with Crippen LogP contribution in [0.15, 0.2) is 35.4 Å². The topological polar surface area (TPSA) is 100 Å². The molecule has 7 heteroatoms. The van der Waals surface area contributed by atoms with Crippen LogP contribution in [0.3, 0.4) is 0 Å². The van der Waals surface area contributed by atoms with E-state index in [0.29, 0.717) is 11.5 Å². The molecule has 2 aromatic heterocycles. The number of aliphatic hydroxyl groups is 1. The summed E-state index contributed by atoms with van der Waals surface area (Å²) in [5.41, 5.74) is 0.756. The molecule has 2 heterocycles. The van der Waals surface area contributed by atoms with E-state index in [-0.39, 0.29) is 24.2 Å². The summed E-state index contributed by atoms with van der Waals surface area (Å²) in [5, 5.41) is 14.5. The molecular weight excluding hydrogens is 248 g/mol. The number of nitrogens with one attached hydrogen (secondary N) is 2. The second kappa shape index (κ2) is 5.96. The first-order valence-corrected chi connectivity index (χ1v) is 5.72. The Hall–Kier alpha value is -2.41. The lowest BCUT2D eigenvalue weighted by molar-refractivity contribution is 0.102. The van der Waals surface area contributed by atoms with E-state index < -0.39 is 0 Å². The minimum Gasteiger partial charge on any atom is -0.451 e. The van der Waals surface area contributed by atoms with Crippen molar-refractivity contribution in [3.8, 4) is 0 Å². The number of oxazole rings is 1. The van der Waals surface area contributed by atoms with Crippen molar-refractivity contribution < 1.29 is 14.3 Å². The Bertz CT molecular complexity index is 524. The van der Waals surface area contributed by atoms with E-state index in [9.17, 15) is 4.79 Å². The van der Waals surface area contributed by atoms with Crippen LogP contribution in [0, 0.1) is 0 Å². The lowest BCUT2D eigenvalue weighted by Crippen LogP contribution is -2.20. The summed E-state index contributed by atoms with van der Waals surface area (Å²) in [6.45, 7) is 1.86. The SMILES string of the molecule is C[C@@H](CO)Nc1ccc(NC(=O)c2cocn2)cn1. The molecule has 2 aromatic rings. The van der Waals surface area contributed by atoms with Crippen molar-refractivity contribution in [1.82, 2.24) is 9.97 Å². The lowest BCUT2D eigenvalue weighted by Gasteiger charge is -2.11. The summed E-state index contributed by atoms with van der Waals surface area (Å²) in [7, 11) is 0. The van der Waals surface area contributed by atoms with Gasteiger partial charge in [0.2, 0.25) is 0 Å². The van der Waals surface area contributed by atoms with E-state index in [4.69, 9.17) is 9.52 Å². The second-order valence-electron chi connectivity index (χ2n) is 3.99. The van der Waals surface area contributed by atoms with Gasteiger partial charge < -0.3 is 20.2 Å². The fraction of sp³-hybridized carbons (Fsp3) is 0.250. The minimum absolute atomic E-state index is 0.0202. The minimum atomic E-state index is -0.361. The van der Waals surface area contributed by atoms with Crippen molar-refractivity contribution in [3.05, 3.63) is 36.7 Å². The Labute approximate surface area is 109 Å². The normalized spacial score (nSPS) is 11.9. The van der Waals surface area contributed by atoms with Crippen LogP contribution in [0.25, 0.3) is 0 Å². The summed E-state index contributed by atoms with van der Waals surface area (Å²) in [6, 6.07) is 3.34. The van der Waals surface area contributed by atoms with Crippen molar-refractivity contribution in [2.45, 2.75) is 13.0 Å². The van der Waals surface area contributed by atoms with Crippen LogP contribution in [-0.2, 0) is 0 Å². The number of rotatable bonds is 5. The van der Waals surface area contributed by atoms with Gasteiger partial charge in [-0.3, -0.25) is 4.79 Å². The van der Waals surface area contributed by atoms with Gasteiger partial charge in [-0.15, -0.1) is 0 Å². The maximum absolute atomic E-state index is 11.7. The largest absolute Gasteiger partial charge is 0.451 e. The molecule has 0 spiro atoms. The predicted molar refractivity (Wildman–Crippen MR) is 68.9 cm³/mol. The molecular formula is C12H14N4O3. The van der Waals surface area contributed by atoms with E-state index in [1.807, 2.05) is 6.92 Å². The smallest absolute Gasteiger partial charge is 0.277 e. The first kappa shape index (κ1) is 13.0. The predicted octanol–water partition coefficient (Wildman–Crippen LogP) is 1.11. The highest BCUT2D eigenvalue weighted by atomic mass is 16.3. The number of carbonyl (C=O) groups excluding carboxylic acids is 1. The molecule has 19 heavy (non-hydrogen) atoms. The van der Waals surface area contributed by atoms with Crippen LogP contribution in [0.4, 0.5) is 11.5 Å². The highest BCUT2D eigenvalue weighted by Crippen LogP contribution is 2.11. The van der Waals surface area contributed by atoms with Gasteiger partial charge in [0.25, 0.3) is 5.91 Å². The molecule has 100 valence electrons. The second-order valence-corrected chi connectivity index (χ2v) is 3.99. The summed E-state index contributed by atoms with van der Waals surface area (Å²) in [4.78, 5) is 19.5. The number of aromatic nitrogens is 2. The van der Waals surface area contributed by atoms with Gasteiger partial charge in [-0.05, 0) is 19.1 Å². The average Bonchev–Trinajstić information content (AvgIpc) is 2.95. The van der Waals surface area contributed by atoms with Crippen molar-refractivity contribution in [2.75, 3.05) is 17.2 Å². The number of hydrogen-bond acceptors (Lipinski definition) is 6. The molecule has 7 nitrogen and oxygen atoms in total. The van der Waals surface area contributed by atoms with Crippen LogP contribution in [-0.4, -0.2) is 33.6 Å². The molecule has 0 unspecified atom stereocenters. The van der Waals surface area contributed by atoms with E-state index in [1.165, 1.54) is 18.9 Å². The van der Waals surface area contributed by atoms with Crippen LogP contribution >= 0.6 is 0 Å². The average molecular weight is 262 g/mol. The first-order valence-electron chi connectivity index (χ1n) is 5.72. The summed E-state index contributed by atoms with van der Waals surface area (Å²) < 4.78 is 4.73. The molecule has 0 fully saturated rings. The van der Waals surface area contributed by atoms with E-state index >= 15 is 0 Å². The summed E-state index contributed by atoms with van der Waals surface area (Å²) in [5.74, 6) is 0.265. The summed E-state index contributed by atoms with van der Waals surface area (Å²) in [6.07, 6.45) is 3.97. The number of hydrogen-bond donors (Lipinski definition) is 3. The number of anilines is 2. The molecule has 2 rings (SSSR count). The standard InChI is InChI=1S/C12H14N4O3/c1-8(5-17)15-11-3-2-9(4-13-11)16-12(18)10-6-19-7-14-10/h2-4,6-8,17H,5H2,1H3,(H,13,15)(H,16,18)/t8-/m0/s1. The fourth-order valence-electron chi connectivity index (χ4n) is 1.37. The number of pyridine rings is 1. The van der Waals surface area contributed by atoms with Gasteiger partial charge in [0, 0.05) is 6.04 Å². The van der Waals surface area contributed by atoms with Gasteiger partial charge in [-0.1, -0.05) is 0 Å². The number of nitrogens with zero attached hydrogens (tertiary/aromatic N) is 2. The highest BCUT2D eigenvalue weighted by molar-refractivity contribution is 6.02. The Morgan fingerprint density at radius 3 is 2.89 bits per heavy atom. The van der Waals surface area contributed by atoms with Crippen molar-refractivity contribution >= 4 is 17.4 Å². The Morgan fingerprint density at radius 1 is 1.47 bits per heavy atom. The third-order valence-electron chi connectivity index (χ3n) is 2.35. The maximum Gasteiger partial charge on any atom is 0.277 e. The lowest BCUT2D eigenvalue weighted by atomic mass is 10.3. The molecule has 1 atom stereocenters. The molecule has 3 N–H and O–H groups in total. The number of carbonyl (C=O) groups is 1. The third kappa shape index (κ3) is 3.52. The van der Waals surface area contributed by atoms with Gasteiger partial charge in [0.05, 0.1) is 18.5 Å². The first-order chi connectivity index (χ1) is 9.19. The molecule has 0 radical (unpaired) electrons. The van der Waals surface area contributed by atoms with Gasteiger partial charge in [0.1, 0.15) is 12.1 Å². The fourth-order valence-corrected chi connectivity index (χ4v) is 1.37. The zero-order valence-electron chi connectivity index (χ0n) is 10.3. The monoisotopic (exact) mass is 262 g/mol. The molecule has 0 saturated carbocycles. The van der Waals surface area contributed by atoms with E-state index in [1.54, 1.807) is 12.1 Å².